The fraction of sp³-hybridized carbons (Fsp3) is 0.400. The van der Waals surface area contributed by atoms with Gasteiger partial charge in [-0.15, -0.1) is 0 Å². The van der Waals surface area contributed by atoms with Crippen molar-refractivity contribution in [2.75, 3.05) is 17.2 Å². The molecule has 0 fully saturated rings. The molecule has 0 spiro atoms. The molecule has 0 aliphatic rings. The van der Waals surface area contributed by atoms with Crippen LogP contribution in [0.3, 0.4) is 0 Å². The van der Waals surface area contributed by atoms with Crippen LogP contribution in [-0.4, -0.2) is 51.5 Å². The van der Waals surface area contributed by atoms with Crippen LogP contribution in [0.4, 0.5) is 10.5 Å². The molecule has 26 heavy (non-hydrogen) atoms. The van der Waals surface area contributed by atoms with Gasteiger partial charge in [-0.1, -0.05) is 18.2 Å². The fourth-order valence-corrected chi connectivity index (χ4v) is 2.56. The standard InChI is InChI=1S/C15H19N2O8S/c1-26-8-4-6-10(13(18)19)16-15(22)25-12(14(20)21)9-5-2-3-7-11(9)17(23)24/h2-3,5,7,10,12,23H,4,6,8H2,1H3,(H,16,22)(H,18,19)(H,20,21)/q-1/t10-,12?/m1/s1. The van der Waals surface area contributed by atoms with Crippen LogP contribution in [0.1, 0.15) is 24.5 Å². The molecule has 0 radical (unpaired) electrons. The maximum atomic E-state index is 11.9. The van der Waals surface area contributed by atoms with Gasteiger partial charge < -0.3 is 30.7 Å². The maximum Gasteiger partial charge on any atom is 0.409 e. The number of nitrogens with one attached hydrogen (secondary N) is 1. The second-order valence-electron chi connectivity index (χ2n) is 5.13. The summed E-state index contributed by atoms with van der Waals surface area (Å²) in [5.74, 6) is -2.18. The number of amides is 1. The summed E-state index contributed by atoms with van der Waals surface area (Å²) < 4.78 is 4.78. The van der Waals surface area contributed by atoms with E-state index in [1.54, 1.807) is 0 Å². The van der Waals surface area contributed by atoms with Gasteiger partial charge in [-0.3, -0.25) is 5.21 Å². The number of carboxylic acids is 2. The molecule has 0 bridgehead atoms. The smallest absolute Gasteiger partial charge is 0.409 e. The summed E-state index contributed by atoms with van der Waals surface area (Å²) in [4.78, 5) is 34.5. The molecule has 0 aliphatic carbocycles. The van der Waals surface area contributed by atoms with Gasteiger partial charge in [0.1, 0.15) is 6.04 Å². The van der Waals surface area contributed by atoms with E-state index in [-0.39, 0.29) is 12.0 Å². The SMILES string of the molecule is CSCCC[C@@H](NC(=O)OC(C(=O)O)c1ccccc1N([O-])O)C(=O)O. The number of ether oxygens (including phenoxy) is 1. The van der Waals surface area contributed by atoms with Gasteiger partial charge in [0.25, 0.3) is 0 Å². The molecule has 1 amide bonds. The fourth-order valence-electron chi connectivity index (χ4n) is 2.10. The highest BCUT2D eigenvalue weighted by Gasteiger charge is 2.29. The Hall–Kier alpha value is -2.50. The third-order valence-electron chi connectivity index (χ3n) is 3.31. The number of hydrogen-bond acceptors (Lipinski definition) is 8. The first kappa shape index (κ1) is 21.5. The van der Waals surface area contributed by atoms with E-state index in [2.05, 4.69) is 5.32 Å². The predicted octanol–water partition coefficient (Wildman–Crippen LogP) is 1.83. The minimum Gasteiger partial charge on any atom is -0.733 e. The average Bonchev–Trinajstić information content (AvgIpc) is 2.58. The van der Waals surface area contributed by atoms with E-state index in [1.165, 1.54) is 30.0 Å². The number of anilines is 1. The lowest BCUT2D eigenvalue weighted by Crippen LogP contribution is -2.42. The first-order valence-corrected chi connectivity index (χ1v) is 8.84. The highest BCUT2D eigenvalue weighted by atomic mass is 32.2. The molecule has 0 saturated carbocycles. The van der Waals surface area contributed by atoms with Crippen LogP contribution < -0.4 is 10.5 Å². The number of carbonyl (C=O) groups excluding carboxylic acids is 1. The van der Waals surface area contributed by atoms with Crippen LogP contribution in [0.15, 0.2) is 24.3 Å². The summed E-state index contributed by atoms with van der Waals surface area (Å²) in [5.41, 5.74) is -0.677. The lowest BCUT2D eigenvalue weighted by atomic mass is 10.1. The zero-order valence-electron chi connectivity index (χ0n) is 13.8. The average molecular weight is 387 g/mol. The van der Waals surface area contributed by atoms with Gasteiger partial charge in [0, 0.05) is 5.56 Å². The molecule has 144 valence electrons. The Morgan fingerprint density at radius 2 is 1.92 bits per heavy atom. The highest BCUT2D eigenvalue weighted by Crippen LogP contribution is 2.28. The van der Waals surface area contributed by atoms with Crippen molar-refractivity contribution >= 4 is 35.5 Å². The summed E-state index contributed by atoms with van der Waals surface area (Å²) in [7, 11) is 0. The largest absolute Gasteiger partial charge is 0.733 e. The molecular weight excluding hydrogens is 368 g/mol. The van der Waals surface area contributed by atoms with E-state index in [1.807, 2.05) is 6.26 Å². The van der Waals surface area contributed by atoms with Gasteiger partial charge in [0.05, 0.1) is 5.69 Å². The Labute approximate surface area is 153 Å². The zero-order valence-corrected chi connectivity index (χ0v) is 14.6. The van der Waals surface area contributed by atoms with E-state index < -0.39 is 41.1 Å². The molecule has 0 aliphatic heterocycles. The number of rotatable bonds is 10. The van der Waals surface area contributed by atoms with Gasteiger partial charge in [-0.25, -0.2) is 14.4 Å². The molecule has 11 heteroatoms. The van der Waals surface area contributed by atoms with Crippen LogP contribution in [0.5, 0.6) is 0 Å². The molecular formula is C15H19N2O8S-. The van der Waals surface area contributed by atoms with Crippen molar-refractivity contribution in [2.45, 2.75) is 25.0 Å². The third-order valence-corrected chi connectivity index (χ3v) is 4.00. The van der Waals surface area contributed by atoms with Crippen LogP contribution in [0, 0.1) is 5.21 Å². The number of aliphatic carboxylic acids is 2. The molecule has 1 aromatic carbocycles. The van der Waals surface area contributed by atoms with E-state index in [0.29, 0.717) is 12.2 Å². The number of para-hydroxylation sites is 1. The van der Waals surface area contributed by atoms with Crippen LogP contribution >= 0.6 is 11.8 Å². The van der Waals surface area contributed by atoms with Gasteiger partial charge in [-0.05, 0) is 30.9 Å². The zero-order chi connectivity index (χ0) is 19.7. The third kappa shape index (κ3) is 6.43. The van der Waals surface area contributed by atoms with Crippen molar-refractivity contribution in [1.82, 2.24) is 5.32 Å². The number of nitrogens with zero attached hydrogens (tertiary/aromatic N) is 1. The Kier molecular flexibility index (Phi) is 8.68. The first-order chi connectivity index (χ1) is 12.3. The lowest BCUT2D eigenvalue weighted by Gasteiger charge is -2.26. The van der Waals surface area contributed by atoms with E-state index in [9.17, 15) is 24.7 Å². The van der Waals surface area contributed by atoms with E-state index >= 15 is 0 Å². The van der Waals surface area contributed by atoms with Crippen LogP contribution in [0.25, 0.3) is 0 Å². The minimum atomic E-state index is -1.91. The Bertz CT molecular complexity index is 640. The quantitative estimate of drug-likeness (QED) is 0.344. The van der Waals surface area contributed by atoms with Crippen LogP contribution in [0.2, 0.25) is 0 Å². The first-order valence-electron chi connectivity index (χ1n) is 7.44. The van der Waals surface area contributed by atoms with Gasteiger partial charge >= 0.3 is 18.0 Å². The van der Waals surface area contributed by atoms with Crippen LogP contribution in [-0.2, 0) is 14.3 Å². The van der Waals surface area contributed by atoms with Crippen molar-refractivity contribution in [3.63, 3.8) is 0 Å². The number of carbonyl (C=O) groups is 3. The molecule has 2 atom stereocenters. The number of hydrogen-bond donors (Lipinski definition) is 4. The maximum absolute atomic E-state index is 11.9. The van der Waals surface area contributed by atoms with Crippen molar-refractivity contribution in [1.29, 1.82) is 0 Å². The molecule has 0 saturated heterocycles. The summed E-state index contributed by atoms with van der Waals surface area (Å²) >= 11 is 1.52. The molecule has 0 aromatic heterocycles. The summed E-state index contributed by atoms with van der Waals surface area (Å²) in [6, 6.07) is 3.86. The number of benzene rings is 1. The number of alkyl carbamates (subject to hydrolysis) is 1. The molecule has 1 rings (SSSR count). The van der Waals surface area contributed by atoms with E-state index in [4.69, 9.17) is 15.1 Å². The Morgan fingerprint density at radius 3 is 2.46 bits per heavy atom. The number of thioether (sulfide) groups is 1. The van der Waals surface area contributed by atoms with Gasteiger partial charge in [0.2, 0.25) is 6.10 Å². The molecule has 4 N–H and O–H groups in total. The number of carboxylic acid groups (broad SMARTS) is 2. The topological polar surface area (TPSA) is 159 Å². The molecule has 10 nitrogen and oxygen atoms in total. The Morgan fingerprint density at radius 1 is 1.27 bits per heavy atom. The second kappa shape index (κ2) is 10.5. The summed E-state index contributed by atoms with van der Waals surface area (Å²) in [6.07, 6.45) is -0.647. The Balaban J connectivity index is 2.89. The molecule has 1 unspecified atom stereocenters. The summed E-state index contributed by atoms with van der Waals surface area (Å²) in [5, 5.41) is 40.1. The van der Waals surface area contributed by atoms with Gasteiger partial charge in [-0.2, -0.15) is 11.8 Å². The normalized spacial score (nSPS) is 12.7. The monoisotopic (exact) mass is 387 g/mol. The predicted molar refractivity (Wildman–Crippen MR) is 93.1 cm³/mol. The summed E-state index contributed by atoms with van der Waals surface area (Å²) in [6.45, 7) is 0. The van der Waals surface area contributed by atoms with Crippen molar-refractivity contribution < 1.29 is 34.5 Å². The second-order valence-corrected chi connectivity index (χ2v) is 6.11. The highest BCUT2D eigenvalue weighted by molar-refractivity contribution is 7.98. The molecule has 1 aromatic rings. The van der Waals surface area contributed by atoms with Gasteiger partial charge in [0.15, 0.2) is 0 Å². The lowest BCUT2D eigenvalue weighted by molar-refractivity contribution is -0.147. The van der Waals surface area contributed by atoms with Crippen molar-refractivity contribution in [2.24, 2.45) is 0 Å². The minimum absolute atomic E-state index is 0.143. The molecule has 0 heterocycles. The van der Waals surface area contributed by atoms with Crippen molar-refractivity contribution in [3.05, 3.63) is 35.0 Å². The van der Waals surface area contributed by atoms with Crippen molar-refractivity contribution in [3.8, 4) is 0 Å². The van der Waals surface area contributed by atoms with E-state index in [0.717, 1.165) is 6.07 Å².